The van der Waals surface area contributed by atoms with Gasteiger partial charge in [-0.15, -0.1) is 0 Å². The SMILES string of the molecule is COC1=CCC(OCCC(N)=O)C=C1.Cc1ccccc1CCCN1CCCC1. The van der Waals surface area contributed by atoms with Gasteiger partial charge in [-0.2, -0.15) is 0 Å². The highest BCUT2D eigenvalue weighted by molar-refractivity contribution is 5.73. The van der Waals surface area contributed by atoms with Gasteiger partial charge in [0.25, 0.3) is 0 Å². The summed E-state index contributed by atoms with van der Waals surface area (Å²) < 4.78 is 10.4. The first-order valence-corrected chi connectivity index (χ1v) is 10.7. The molecule has 2 aliphatic rings. The van der Waals surface area contributed by atoms with E-state index in [4.69, 9.17) is 15.2 Å². The Balaban J connectivity index is 0.000000208. The van der Waals surface area contributed by atoms with Crippen molar-refractivity contribution in [2.24, 2.45) is 5.73 Å². The monoisotopic (exact) mass is 400 g/mol. The number of hydrogen-bond acceptors (Lipinski definition) is 4. The third-order valence-electron chi connectivity index (χ3n) is 5.32. The topological polar surface area (TPSA) is 64.8 Å². The maximum atomic E-state index is 10.4. The zero-order chi connectivity index (χ0) is 20.9. The van der Waals surface area contributed by atoms with E-state index in [-0.39, 0.29) is 18.4 Å². The molecule has 2 N–H and O–H groups in total. The molecule has 1 heterocycles. The van der Waals surface area contributed by atoms with Crippen molar-refractivity contribution < 1.29 is 14.3 Å². The Bertz CT molecular complexity index is 678. The van der Waals surface area contributed by atoms with Crippen molar-refractivity contribution in [3.05, 3.63) is 59.4 Å². The lowest BCUT2D eigenvalue weighted by atomic mass is 10.0. The van der Waals surface area contributed by atoms with Crippen LogP contribution in [0.25, 0.3) is 0 Å². The molecule has 1 unspecified atom stereocenters. The molecule has 1 amide bonds. The third kappa shape index (κ3) is 9.29. The van der Waals surface area contributed by atoms with Crippen molar-refractivity contribution in [3.8, 4) is 0 Å². The lowest BCUT2D eigenvalue weighted by molar-refractivity contribution is -0.119. The van der Waals surface area contributed by atoms with Crippen molar-refractivity contribution in [3.63, 3.8) is 0 Å². The second kappa shape index (κ2) is 13.2. The van der Waals surface area contributed by atoms with Crippen LogP contribution in [0.5, 0.6) is 0 Å². The number of carbonyl (C=O) groups excluding carboxylic acids is 1. The van der Waals surface area contributed by atoms with Crippen LogP contribution in [-0.2, 0) is 20.7 Å². The van der Waals surface area contributed by atoms with Crippen molar-refractivity contribution >= 4 is 5.91 Å². The molecule has 1 aliphatic heterocycles. The summed E-state index contributed by atoms with van der Waals surface area (Å²) in [7, 11) is 1.63. The normalized spacial score (nSPS) is 18.7. The molecule has 1 saturated heterocycles. The molecule has 160 valence electrons. The van der Waals surface area contributed by atoms with Gasteiger partial charge in [-0.3, -0.25) is 4.79 Å². The minimum atomic E-state index is -0.335. The number of primary amides is 1. The van der Waals surface area contributed by atoms with E-state index in [9.17, 15) is 4.79 Å². The van der Waals surface area contributed by atoms with Crippen LogP contribution in [0.2, 0.25) is 0 Å². The Morgan fingerprint density at radius 3 is 2.62 bits per heavy atom. The van der Waals surface area contributed by atoms with Crippen LogP contribution < -0.4 is 5.73 Å². The van der Waals surface area contributed by atoms with E-state index in [1.54, 1.807) is 7.11 Å². The molecule has 1 aromatic rings. The summed E-state index contributed by atoms with van der Waals surface area (Å²) >= 11 is 0. The number of amides is 1. The molecule has 1 aromatic carbocycles. The van der Waals surface area contributed by atoms with Crippen LogP contribution in [0.1, 0.15) is 43.2 Å². The van der Waals surface area contributed by atoms with E-state index < -0.39 is 0 Å². The lowest BCUT2D eigenvalue weighted by Crippen LogP contribution is -2.20. The molecule has 0 bridgehead atoms. The molecule has 29 heavy (non-hydrogen) atoms. The maximum absolute atomic E-state index is 10.4. The largest absolute Gasteiger partial charge is 0.497 e. The number of nitrogens with two attached hydrogens (primary N) is 1. The van der Waals surface area contributed by atoms with Crippen molar-refractivity contribution in [1.29, 1.82) is 0 Å². The van der Waals surface area contributed by atoms with Gasteiger partial charge in [-0.05, 0) is 81.9 Å². The second-order valence-electron chi connectivity index (χ2n) is 7.61. The molecule has 5 nitrogen and oxygen atoms in total. The Morgan fingerprint density at radius 2 is 2.00 bits per heavy atom. The Morgan fingerprint density at radius 1 is 1.24 bits per heavy atom. The first-order valence-electron chi connectivity index (χ1n) is 10.7. The van der Waals surface area contributed by atoms with Gasteiger partial charge in [0.05, 0.1) is 19.8 Å². The van der Waals surface area contributed by atoms with E-state index in [2.05, 4.69) is 36.1 Å². The molecule has 5 heteroatoms. The van der Waals surface area contributed by atoms with Crippen molar-refractivity contribution in [2.75, 3.05) is 33.4 Å². The van der Waals surface area contributed by atoms with Crippen LogP contribution >= 0.6 is 0 Å². The van der Waals surface area contributed by atoms with Gasteiger partial charge in [0.15, 0.2) is 0 Å². The Kier molecular flexibility index (Phi) is 10.5. The number of benzene rings is 1. The summed E-state index contributed by atoms with van der Waals surface area (Å²) in [6.07, 6.45) is 12.2. The van der Waals surface area contributed by atoms with Crippen LogP contribution in [0.3, 0.4) is 0 Å². The summed E-state index contributed by atoms with van der Waals surface area (Å²) in [5.74, 6) is 0.512. The molecule has 1 atom stereocenters. The van der Waals surface area contributed by atoms with Crippen LogP contribution in [-0.4, -0.2) is 50.3 Å². The first kappa shape index (κ1) is 23.2. The zero-order valence-corrected chi connectivity index (χ0v) is 17.9. The fourth-order valence-corrected chi connectivity index (χ4v) is 3.56. The van der Waals surface area contributed by atoms with Gasteiger partial charge in [-0.25, -0.2) is 0 Å². The summed E-state index contributed by atoms with van der Waals surface area (Å²) in [6, 6.07) is 8.75. The summed E-state index contributed by atoms with van der Waals surface area (Å²) in [6.45, 7) is 6.53. The number of rotatable bonds is 9. The number of hydrogen-bond donors (Lipinski definition) is 1. The molecule has 3 rings (SSSR count). The van der Waals surface area contributed by atoms with Gasteiger partial charge in [-0.1, -0.05) is 30.3 Å². The van der Waals surface area contributed by atoms with E-state index in [0.29, 0.717) is 6.61 Å². The summed E-state index contributed by atoms with van der Waals surface area (Å²) in [5, 5.41) is 0. The standard InChI is InChI=1S/C14H21N.C10H15NO3/c1-13-7-2-3-8-14(13)9-6-12-15-10-4-5-11-15;1-13-8-2-4-9(5-3-8)14-7-6-10(11)12/h2-3,7-8H,4-6,9-12H2,1H3;2-4,9H,5-7H2,1H3,(H2,11,12). The van der Waals surface area contributed by atoms with Crippen LogP contribution in [0, 0.1) is 6.92 Å². The zero-order valence-electron chi connectivity index (χ0n) is 17.9. The van der Waals surface area contributed by atoms with Crippen molar-refractivity contribution in [1.82, 2.24) is 4.90 Å². The third-order valence-corrected chi connectivity index (χ3v) is 5.32. The number of allylic oxidation sites excluding steroid dienone is 1. The predicted octanol–water partition coefficient (Wildman–Crippen LogP) is 3.76. The van der Waals surface area contributed by atoms with E-state index >= 15 is 0 Å². The quantitative estimate of drug-likeness (QED) is 0.685. The molecule has 0 radical (unpaired) electrons. The number of ether oxygens (including phenoxy) is 2. The fourth-order valence-electron chi connectivity index (χ4n) is 3.56. The highest BCUT2D eigenvalue weighted by atomic mass is 16.5. The predicted molar refractivity (Wildman–Crippen MR) is 118 cm³/mol. The second-order valence-corrected chi connectivity index (χ2v) is 7.61. The average molecular weight is 401 g/mol. The number of nitrogens with zero attached hydrogens (tertiary/aromatic N) is 1. The minimum Gasteiger partial charge on any atom is -0.497 e. The molecular formula is C24H36N2O3. The van der Waals surface area contributed by atoms with Gasteiger partial charge in [0.2, 0.25) is 5.91 Å². The molecule has 0 saturated carbocycles. The maximum Gasteiger partial charge on any atom is 0.219 e. The van der Waals surface area contributed by atoms with Gasteiger partial charge < -0.3 is 20.1 Å². The number of likely N-dealkylation sites (tertiary alicyclic amines) is 1. The van der Waals surface area contributed by atoms with Crippen molar-refractivity contribution in [2.45, 2.75) is 51.6 Å². The molecule has 1 aliphatic carbocycles. The van der Waals surface area contributed by atoms with Gasteiger partial charge in [0.1, 0.15) is 5.76 Å². The fraction of sp³-hybridized carbons (Fsp3) is 0.542. The molecule has 0 aromatic heterocycles. The molecule has 0 spiro atoms. The van der Waals surface area contributed by atoms with E-state index in [1.165, 1.54) is 56.4 Å². The van der Waals surface area contributed by atoms with Crippen LogP contribution in [0.4, 0.5) is 0 Å². The number of methoxy groups -OCH3 is 1. The Hall–Kier alpha value is -2.11. The number of aryl methyl sites for hydroxylation is 2. The summed E-state index contributed by atoms with van der Waals surface area (Å²) in [5.41, 5.74) is 7.95. The minimum absolute atomic E-state index is 0.0354. The van der Waals surface area contributed by atoms with Crippen LogP contribution in [0.15, 0.2) is 48.3 Å². The smallest absolute Gasteiger partial charge is 0.219 e. The lowest BCUT2D eigenvalue weighted by Gasteiger charge is -2.15. The van der Waals surface area contributed by atoms with E-state index in [1.807, 2.05) is 18.2 Å². The highest BCUT2D eigenvalue weighted by Gasteiger charge is 2.10. The molecular weight excluding hydrogens is 364 g/mol. The molecule has 1 fully saturated rings. The first-order chi connectivity index (χ1) is 14.1. The summed E-state index contributed by atoms with van der Waals surface area (Å²) in [4.78, 5) is 13.0. The van der Waals surface area contributed by atoms with E-state index in [0.717, 1.165) is 12.2 Å². The van der Waals surface area contributed by atoms with Gasteiger partial charge in [0, 0.05) is 6.42 Å². The van der Waals surface area contributed by atoms with Gasteiger partial charge >= 0.3 is 0 Å². The highest BCUT2D eigenvalue weighted by Crippen LogP contribution is 2.14. The number of carbonyl (C=O) groups is 1. The Labute approximate surface area is 175 Å². The average Bonchev–Trinajstić information content (AvgIpc) is 3.24.